The summed E-state index contributed by atoms with van der Waals surface area (Å²) in [5, 5.41) is -3.34. The second kappa shape index (κ2) is 5.80. The van der Waals surface area contributed by atoms with E-state index in [0.717, 1.165) is 5.56 Å². The van der Waals surface area contributed by atoms with Gasteiger partial charge in [-0.25, -0.2) is 0 Å². The van der Waals surface area contributed by atoms with E-state index < -0.39 is 17.8 Å². The van der Waals surface area contributed by atoms with E-state index in [1.54, 1.807) is 24.3 Å². The first-order chi connectivity index (χ1) is 7.47. The van der Waals surface area contributed by atoms with Crippen molar-refractivity contribution in [1.82, 2.24) is 0 Å². The Kier molecular flexibility index (Phi) is 4.68. The molecule has 0 heterocycles. The number of carbonyl (C=O) groups excluding carboxylic acids is 1. The fourth-order valence-corrected chi connectivity index (χ4v) is 1.15. The lowest BCUT2D eigenvalue weighted by molar-refractivity contribution is -0.146. The van der Waals surface area contributed by atoms with Crippen LogP contribution >= 0.6 is 11.6 Å². The number of hydrogen-bond acceptors (Lipinski definition) is 2. The predicted molar refractivity (Wildman–Crippen MR) is 56.3 cm³/mol. The van der Waals surface area contributed by atoms with Gasteiger partial charge < -0.3 is 4.74 Å². The Labute approximate surface area is 97.2 Å². The SMILES string of the molecule is O=C(CCC(F)(F)Cl)OCc1ccccc1. The van der Waals surface area contributed by atoms with Crippen LogP contribution in [0.4, 0.5) is 8.78 Å². The van der Waals surface area contributed by atoms with Crippen molar-refractivity contribution in [1.29, 1.82) is 0 Å². The van der Waals surface area contributed by atoms with Crippen LogP contribution in [0.3, 0.4) is 0 Å². The van der Waals surface area contributed by atoms with Crippen LogP contribution in [0.1, 0.15) is 18.4 Å². The average Bonchev–Trinajstić information content (AvgIpc) is 2.24. The Bertz CT molecular complexity index is 336. The molecule has 0 saturated carbocycles. The van der Waals surface area contributed by atoms with Crippen LogP contribution in [0.25, 0.3) is 0 Å². The largest absolute Gasteiger partial charge is 0.461 e. The molecule has 88 valence electrons. The van der Waals surface area contributed by atoms with E-state index in [0.29, 0.717) is 0 Å². The molecule has 5 heteroatoms. The summed E-state index contributed by atoms with van der Waals surface area (Å²) in [6.45, 7) is 0.0908. The molecule has 0 atom stereocenters. The van der Waals surface area contributed by atoms with Crippen LogP contribution in [0.5, 0.6) is 0 Å². The zero-order valence-electron chi connectivity index (χ0n) is 8.46. The van der Waals surface area contributed by atoms with Crippen molar-refractivity contribution in [2.45, 2.75) is 24.8 Å². The summed E-state index contributed by atoms with van der Waals surface area (Å²) in [4.78, 5) is 11.0. The zero-order valence-corrected chi connectivity index (χ0v) is 9.21. The van der Waals surface area contributed by atoms with Gasteiger partial charge in [0.05, 0.1) is 6.42 Å². The zero-order chi connectivity index (χ0) is 12.0. The average molecular weight is 249 g/mol. The molecule has 0 bridgehead atoms. The molecule has 1 aromatic rings. The van der Waals surface area contributed by atoms with Gasteiger partial charge in [0.1, 0.15) is 6.61 Å². The fourth-order valence-electron chi connectivity index (χ4n) is 1.05. The van der Waals surface area contributed by atoms with Crippen molar-refractivity contribution in [2.24, 2.45) is 0 Å². The first-order valence-electron chi connectivity index (χ1n) is 4.74. The molecule has 0 aliphatic heterocycles. The van der Waals surface area contributed by atoms with Crippen LogP contribution < -0.4 is 0 Å². The van der Waals surface area contributed by atoms with Crippen molar-refractivity contribution in [2.75, 3.05) is 0 Å². The lowest BCUT2D eigenvalue weighted by Gasteiger charge is -2.07. The third kappa shape index (κ3) is 5.66. The summed E-state index contributed by atoms with van der Waals surface area (Å²) in [6.07, 6.45) is -1.09. The minimum absolute atomic E-state index is 0.0908. The number of halogens is 3. The van der Waals surface area contributed by atoms with Crippen LogP contribution in [-0.4, -0.2) is 11.4 Å². The Morgan fingerprint density at radius 3 is 2.50 bits per heavy atom. The normalized spacial score (nSPS) is 11.2. The maximum absolute atomic E-state index is 12.2. The van der Waals surface area contributed by atoms with Crippen molar-refractivity contribution in [3.05, 3.63) is 35.9 Å². The Morgan fingerprint density at radius 2 is 1.94 bits per heavy atom. The molecule has 0 aliphatic carbocycles. The van der Waals surface area contributed by atoms with Gasteiger partial charge in [-0.1, -0.05) is 30.3 Å². The monoisotopic (exact) mass is 248 g/mol. The van der Waals surface area contributed by atoms with Gasteiger partial charge in [-0.3, -0.25) is 4.79 Å². The molecular weight excluding hydrogens is 238 g/mol. The molecule has 0 radical (unpaired) electrons. The van der Waals surface area contributed by atoms with E-state index >= 15 is 0 Å². The second-order valence-corrected chi connectivity index (χ2v) is 3.81. The van der Waals surface area contributed by atoms with Gasteiger partial charge in [0, 0.05) is 6.42 Å². The molecule has 0 aromatic heterocycles. The van der Waals surface area contributed by atoms with Gasteiger partial charge >= 0.3 is 11.4 Å². The Hall–Kier alpha value is -1.16. The number of hydrogen-bond donors (Lipinski definition) is 0. The number of carbonyl (C=O) groups is 1. The molecule has 16 heavy (non-hydrogen) atoms. The first kappa shape index (κ1) is 12.9. The van der Waals surface area contributed by atoms with Gasteiger partial charge in [-0.2, -0.15) is 8.78 Å². The summed E-state index contributed by atoms with van der Waals surface area (Å²) < 4.78 is 29.2. The van der Waals surface area contributed by atoms with E-state index in [9.17, 15) is 13.6 Å². The molecule has 0 unspecified atom stereocenters. The molecule has 0 N–H and O–H groups in total. The maximum atomic E-state index is 12.2. The van der Waals surface area contributed by atoms with E-state index in [4.69, 9.17) is 4.74 Å². The maximum Gasteiger partial charge on any atom is 0.322 e. The lowest BCUT2D eigenvalue weighted by Crippen LogP contribution is -2.11. The van der Waals surface area contributed by atoms with Crippen LogP contribution in [-0.2, 0) is 16.1 Å². The molecule has 0 fully saturated rings. The van der Waals surface area contributed by atoms with Crippen molar-refractivity contribution >= 4 is 17.6 Å². The van der Waals surface area contributed by atoms with Crippen molar-refractivity contribution in [3.63, 3.8) is 0 Å². The van der Waals surface area contributed by atoms with Gasteiger partial charge in [0.25, 0.3) is 0 Å². The molecule has 0 aliphatic rings. The number of benzene rings is 1. The molecule has 0 spiro atoms. The van der Waals surface area contributed by atoms with E-state index in [-0.39, 0.29) is 13.0 Å². The minimum atomic E-state index is -3.34. The summed E-state index contributed by atoms with van der Waals surface area (Å²) >= 11 is 4.65. The third-order valence-electron chi connectivity index (χ3n) is 1.86. The summed E-state index contributed by atoms with van der Waals surface area (Å²) in [5.41, 5.74) is 0.813. The van der Waals surface area contributed by atoms with Crippen LogP contribution in [0.15, 0.2) is 30.3 Å². The quantitative estimate of drug-likeness (QED) is 0.590. The molecule has 2 nitrogen and oxygen atoms in total. The third-order valence-corrected chi connectivity index (χ3v) is 2.04. The molecule has 1 rings (SSSR count). The van der Waals surface area contributed by atoms with Crippen molar-refractivity contribution < 1.29 is 18.3 Å². The van der Waals surface area contributed by atoms with Gasteiger partial charge in [0.2, 0.25) is 0 Å². The summed E-state index contributed by atoms with van der Waals surface area (Å²) in [6, 6.07) is 9.00. The second-order valence-electron chi connectivity index (χ2n) is 3.26. The number of rotatable bonds is 5. The van der Waals surface area contributed by atoms with Gasteiger partial charge in [-0.15, -0.1) is 0 Å². The van der Waals surface area contributed by atoms with E-state index in [2.05, 4.69) is 11.6 Å². The molecule has 1 aromatic carbocycles. The highest BCUT2D eigenvalue weighted by Gasteiger charge is 2.25. The molecule has 0 saturated heterocycles. The fraction of sp³-hybridized carbons (Fsp3) is 0.364. The van der Waals surface area contributed by atoms with E-state index in [1.807, 2.05) is 6.07 Å². The summed E-state index contributed by atoms with van der Waals surface area (Å²) in [5.74, 6) is -0.677. The van der Waals surface area contributed by atoms with Crippen LogP contribution in [0, 0.1) is 0 Å². The van der Waals surface area contributed by atoms with Gasteiger partial charge in [0.15, 0.2) is 0 Å². The Balaban J connectivity index is 2.26. The van der Waals surface area contributed by atoms with Gasteiger partial charge in [-0.05, 0) is 17.2 Å². The number of alkyl halides is 3. The number of esters is 1. The highest BCUT2D eigenvalue weighted by Crippen LogP contribution is 2.24. The molecular formula is C11H11ClF2O2. The first-order valence-corrected chi connectivity index (χ1v) is 5.11. The smallest absolute Gasteiger partial charge is 0.322 e. The Morgan fingerprint density at radius 1 is 1.31 bits per heavy atom. The molecule has 0 amide bonds. The predicted octanol–water partition coefficient (Wildman–Crippen LogP) is 3.34. The highest BCUT2D eigenvalue weighted by molar-refractivity contribution is 6.21. The number of ether oxygens (including phenoxy) is 1. The topological polar surface area (TPSA) is 26.3 Å². The van der Waals surface area contributed by atoms with Crippen LogP contribution in [0.2, 0.25) is 0 Å². The summed E-state index contributed by atoms with van der Waals surface area (Å²) in [7, 11) is 0. The standard InChI is InChI=1S/C11H11ClF2O2/c12-11(13,14)7-6-10(15)16-8-9-4-2-1-3-5-9/h1-5H,6-8H2. The minimum Gasteiger partial charge on any atom is -0.461 e. The lowest BCUT2D eigenvalue weighted by atomic mass is 10.2. The highest BCUT2D eigenvalue weighted by atomic mass is 35.5. The van der Waals surface area contributed by atoms with E-state index in [1.165, 1.54) is 0 Å². The van der Waals surface area contributed by atoms with Crippen molar-refractivity contribution in [3.8, 4) is 0 Å².